The number of anilines is 1. The number of nitrogens with zero attached hydrogens (tertiary/aromatic N) is 2. The highest BCUT2D eigenvalue weighted by Crippen LogP contribution is 2.26. The molecule has 0 saturated carbocycles. The molecule has 19 heavy (non-hydrogen) atoms. The minimum absolute atomic E-state index is 0.0595. The number of nitro groups is 1. The maximum Gasteiger partial charge on any atom is 0.310 e. The molecule has 0 spiro atoms. The molecule has 0 fully saturated rings. The number of hydrogen-bond acceptors (Lipinski definition) is 6. The zero-order valence-corrected chi connectivity index (χ0v) is 9.95. The van der Waals surface area contributed by atoms with E-state index in [1.807, 2.05) is 0 Å². The smallest absolute Gasteiger partial charge is 0.310 e. The lowest BCUT2D eigenvalue weighted by Crippen LogP contribution is -2.08. The van der Waals surface area contributed by atoms with Crippen molar-refractivity contribution in [1.29, 1.82) is 0 Å². The normalized spacial score (nSPS) is 9.95. The van der Waals surface area contributed by atoms with E-state index in [0.717, 1.165) is 5.56 Å². The van der Waals surface area contributed by atoms with E-state index in [0.29, 0.717) is 5.82 Å². The molecule has 0 radical (unpaired) electrons. The van der Waals surface area contributed by atoms with Gasteiger partial charge in [0.15, 0.2) is 5.75 Å². The molecule has 0 amide bonds. The number of para-hydroxylation sites is 2. The number of nitrogens with one attached hydrogen (secondary N) is 1. The van der Waals surface area contributed by atoms with Crippen LogP contribution in [-0.2, 0) is 6.61 Å². The number of aromatic nitrogens is 1. The number of hydrogen-bond donors (Lipinski definition) is 2. The third kappa shape index (κ3) is 3.17. The molecule has 0 bridgehead atoms. The second kappa shape index (κ2) is 5.78. The Morgan fingerprint density at radius 2 is 2.11 bits per heavy atom. The predicted octanol–water partition coefficient (Wildman–Crippen LogP) is 1.85. The number of hydrazine groups is 1. The van der Waals surface area contributed by atoms with Crippen molar-refractivity contribution in [3.05, 3.63) is 58.3 Å². The Morgan fingerprint density at radius 3 is 2.74 bits per heavy atom. The Hall–Kier alpha value is -2.67. The third-order valence-corrected chi connectivity index (χ3v) is 2.43. The largest absolute Gasteiger partial charge is 0.482 e. The van der Waals surface area contributed by atoms with Crippen LogP contribution >= 0.6 is 0 Å². The molecule has 0 unspecified atom stereocenters. The fraction of sp³-hybridized carbons (Fsp3) is 0.0833. The van der Waals surface area contributed by atoms with Gasteiger partial charge in [-0.05, 0) is 12.1 Å². The van der Waals surface area contributed by atoms with Gasteiger partial charge in [0.05, 0.1) is 4.92 Å². The van der Waals surface area contributed by atoms with Crippen LogP contribution in [0.4, 0.5) is 11.5 Å². The molecule has 2 rings (SSSR count). The van der Waals surface area contributed by atoms with Crippen LogP contribution in [-0.4, -0.2) is 9.91 Å². The number of benzene rings is 1. The van der Waals surface area contributed by atoms with E-state index in [-0.39, 0.29) is 18.0 Å². The highest BCUT2D eigenvalue weighted by molar-refractivity contribution is 5.45. The van der Waals surface area contributed by atoms with Gasteiger partial charge < -0.3 is 10.2 Å². The minimum atomic E-state index is -0.477. The standard InChI is InChI=1S/C12H12N4O3/c13-15-12-6-5-9(7-14-12)8-19-11-4-2-1-3-10(11)16(17)18/h1-7H,8,13H2,(H,14,15). The van der Waals surface area contributed by atoms with Gasteiger partial charge in [-0.1, -0.05) is 18.2 Å². The third-order valence-electron chi connectivity index (χ3n) is 2.43. The molecule has 0 aliphatic rings. The first-order valence-corrected chi connectivity index (χ1v) is 5.48. The van der Waals surface area contributed by atoms with E-state index >= 15 is 0 Å². The van der Waals surface area contributed by atoms with Crippen LogP contribution in [0.25, 0.3) is 0 Å². The topological polar surface area (TPSA) is 103 Å². The van der Waals surface area contributed by atoms with Gasteiger partial charge in [0, 0.05) is 17.8 Å². The average Bonchev–Trinajstić information content (AvgIpc) is 2.46. The highest BCUT2D eigenvalue weighted by atomic mass is 16.6. The van der Waals surface area contributed by atoms with E-state index in [9.17, 15) is 10.1 Å². The number of rotatable bonds is 5. The Morgan fingerprint density at radius 1 is 1.32 bits per heavy atom. The van der Waals surface area contributed by atoms with E-state index in [1.54, 1.807) is 36.5 Å². The van der Waals surface area contributed by atoms with E-state index in [2.05, 4.69) is 10.4 Å². The number of pyridine rings is 1. The Labute approximate surface area is 109 Å². The van der Waals surface area contributed by atoms with Crippen molar-refractivity contribution in [2.45, 2.75) is 6.61 Å². The molecule has 0 aliphatic carbocycles. The minimum Gasteiger partial charge on any atom is -0.482 e. The van der Waals surface area contributed by atoms with Gasteiger partial charge >= 0.3 is 5.69 Å². The molecule has 98 valence electrons. The molecule has 1 aromatic carbocycles. The molecule has 7 nitrogen and oxygen atoms in total. The maximum atomic E-state index is 10.8. The predicted molar refractivity (Wildman–Crippen MR) is 69.5 cm³/mol. The number of nitrogens with two attached hydrogens (primary N) is 1. The summed E-state index contributed by atoms with van der Waals surface area (Å²) in [6.07, 6.45) is 1.59. The molecule has 2 aromatic rings. The first-order chi connectivity index (χ1) is 9.20. The molecule has 7 heteroatoms. The SMILES string of the molecule is NNc1ccc(COc2ccccc2[N+](=O)[O-])cn1. The Kier molecular flexibility index (Phi) is 3.89. The summed E-state index contributed by atoms with van der Waals surface area (Å²) in [5.74, 6) is 5.97. The van der Waals surface area contributed by atoms with Crippen molar-refractivity contribution < 1.29 is 9.66 Å². The summed E-state index contributed by atoms with van der Waals surface area (Å²) in [5, 5.41) is 10.8. The summed E-state index contributed by atoms with van der Waals surface area (Å²) in [6.45, 7) is 0.197. The van der Waals surface area contributed by atoms with E-state index < -0.39 is 4.92 Å². The Balaban J connectivity index is 2.07. The van der Waals surface area contributed by atoms with Crippen molar-refractivity contribution in [3.63, 3.8) is 0 Å². The van der Waals surface area contributed by atoms with Crippen LogP contribution in [0, 0.1) is 10.1 Å². The molecule has 1 aromatic heterocycles. The number of nitro benzene ring substituents is 1. The quantitative estimate of drug-likeness (QED) is 0.483. The van der Waals surface area contributed by atoms with E-state index in [1.165, 1.54) is 6.07 Å². The van der Waals surface area contributed by atoms with Crippen molar-refractivity contribution in [2.24, 2.45) is 5.84 Å². The monoisotopic (exact) mass is 260 g/mol. The lowest BCUT2D eigenvalue weighted by molar-refractivity contribution is -0.385. The first-order valence-electron chi connectivity index (χ1n) is 5.48. The van der Waals surface area contributed by atoms with Crippen molar-refractivity contribution in [2.75, 3.05) is 5.43 Å². The van der Waals surface area contributed by atoms with Gasteiger partial charge in [-0.25, -0.2) is 10.8 Å². The van der Waals surface area contributed by atoms with Gasteiger partial charge in [-0.15, -0.1) is 0 Å². The average molecular weight is 260 g/mol. The molecule has 3 N–H and O–H groups in total. The highest BCUT2D eigenvalue weighted by Gasteiger charge is 2.13. The molecule has 0 atom stereocenters. The first kappa shape index (κ1) is 12.8. The van der Waals surface area contributed by atoms with Crippen LogP contribution in [0.3, 0.4) is 0 Å². The number of ether oxygens (including phenoxy) is 1. The fourth-order valence-electron chi connectivity index (χ4n) is 1.49. The summed E-state index contributed by atoms with van der Waals surface area (Å²) < 4.78 is 5.42. The van der Waals surface area contributed by atoms with Crippen LogP contribution in [0.5, 0.6) is 5.75 Å². The van der Waals surface area contributed by atoms with Crippen molar-refractivity contribution >= 4 is 11.5 Å². The van der Waals surface area contributed by atoms with E-state index in [4.69, 9.17) is 10.6 Å². The molecule has 1 heterocycles. The van der Waals surface area contributed by atoms with Crippen molar-refractivity contribution in [1.82, 2.24) is 4.98 Å². The van der Waals surface area contributed by atoms with Gasteiger partial charge in [-0.3, -0.25) is 10.1 Å². The lowest BCUT2D eigenvalue weighted by Gasteiger charge is -2.07. The summed E-state index contributed by atoms with van der Waals surface area (Å²) in [7, 11) is 0. The Bertz CT molecular complexity index is 571. The van der Waals surface area contributed by atoms with Crippen LogP contribution < -0.4 is 16.0 Å². The number of nitrogen functional groups attached to an aromatic ring is 1. The second-order valence-electron chi connectivity index (χ2n) is 3.71. The lowest BCUT2D eigenvalue weighted by atomic mass is 10.3. The zero-order chi connectivity index (χ0) is 13.7. The maximum absolute atomic E-state index is 10.8. The van der Waals surface area contributed by atoms with Crippen LogP contribution in [0.1, 0.15) is 5.56 Å². The fourth-order valence-corrected chi connectivity index (χ4v) is 1.49. The van der Waals surface area contributed by atoms with Crippen molar-refractivity contribution in [3.8, 4) is 5.75 Å². The van der Waals surface area contributed by atoms with Gasteiger partial charge in [0.25, 0.3) is 0 Å². The van der Waals surface area contributed by atoms with Gasteiger partial charge in [-0.2, -0.15) is 0 Å². The van der Waals surface area contributed by atoms with Gasteiger partial charge in [0.1, 0.15) is 12.4 Å². The zero-order valence-electron chi connectivity index (χ0n) is 9.95. The van der Waals surface area contributed by atoms with Crippen LogP contribution in [0.15, 0.2) is 42.6 Å². The summed E-state index contributed by atoms with van der Waals surface area (Å²) in [6, 6.07) is 9.70. The van der Waals surface area contributed by atoms with Gasteiger partial charge in [0.2, 0.25) is 0 Å². The molecular formula is C12H12N4O3. The molecule has 0 aliphatic heterocycles. The molecular weight excluding hydrogens is 248 g/mol. The molecule has 0 saturated heterocycles. The summed E-state index contributed by atoms with van der Waals surface area (Å²) in [4.78, 5) is 14.3. The second-order valence-corrected chi connectivity index (χ2v) is 3.71. The van der Waals surface area contributed by atoms with Crippen LogP contribution in [0.2, 0.25) is 0 Å². The summed E-state index contributed by atoms with van der Waals surface area (Å²) >= 11 is 0. The summed E-state index contributed by atoms with van der Waals surface area (Å²) in [5.41, 5.74) is 3.14.